The van der Waals surface area contributed by atoms with E-state index in [0.29, 0.717) is 22.6 Å². The molecule has 260 valence electrons. The Bertz CT molecular complexity index is 1670. The minimum Gasteiger partial charge on any atom is -0.544 e. The summed E-state index contributed by atoms with van der Waals surface area (Å²) in [5.41, 5.74) is 1.08. The van der Waals surface area contributed by atoms with Crippen LogP contribution in [0.15, 0.2) is 84.1 Å². The van der Waals surface area contributed by atoms with Crippen LogP contribution in [0.2, 0.25) is 16.6 Å². The number of nitrogens with zero attached hydrogens (tertiary/aromatic N) is 3. The minimum atomic E-state index is -2.66. The van der Waals surface area contributed by atoms with Crippen molar-refractivity contribution >= 4 is 37.7 Å². The van der Waals surface area contributed by atoms with Crippen LogP contribution in [0.5, 0.6) is 0 Å². The van der Waals surface area contributed by atoms with Crippen molar-refractivity contribution in [2.24, 2.45) is 17.8 Å². The zero-order valence-corrected chi connectivity index (χ0v) is 31.0. The Morgan fingerprint density at radius 1 is 0.796 bits per heavy atom. The predicted molar refractivity (Wildman–Crippen MR) is 190 cm³/mol. The summed E-state index contributed by atoms with van der Waals surface area (Å²) in [6, 6.07) is 16.6. The summed E-state index contributed by atoms with van der Waals surface area (Å²) in [6.45, 7) is 18.6. The fourth-order valence-electron chi connectivity index (χ4n) is 8.94. The number of carbonyl (C=O) groups is 4. The molecule has 10 heteroatoms. The number of hydrazine groups is 1. The van der Waals surface area contributed by atoms with Crippen molar-refractivity contribution < 1.29 is 28.3 Å². The molecule has 5 atom stereocenters. The van der Waals surface area contributed by atoms with Crippen molar-refractivity contribution in [3.8, 4) is 0 Å². The maximum absolute atomic E-state index is 14.6. The van der Waals surface area contributed by atoms with E-state index in [-0.39, 0.29) is 40.9 Å². The van der Waals surface area contributed by atoms with Crippen LogP contribution in [-0.2, 0) is 23.5 Å². The average molecular weight is 684 g/mol. The largest absolute Gasteiger partial charge is 0.544 e. The van der Waals surface area contributed by atoms with Crippen molar-refractivity contribution in [3.05, 3.63) is 89.7 Å². The number of benzene rings is 2. The van der Waals surface area contributed by atoms with Gasteiger partial charge in [-0.15, -0.1) is 0 Å². The molecule has 2 fully saturated rings. The summed E-state index contributed by atoms with van der Waals surface area (Å²) < 4.78 is 13.5. The number of hydrogen-bond donors (Lipinski definition) is 0. The van der Waals surface area contributed by atoms with Crippen LogP contribution in [0.4, 0.5) is 5.69 Å². The lowest BCUT2D eigenvalue weighted by Gasteiger charge is -2.58. The number of anilines is 1. The monoisotopic (exact) mass is 683 g/mol. The number of para-hydroxylation sites is 1. The second kappa shape index (κ2) is 12.7. The molecule has 2 bridgehead atoms. The molecule has 0 saturated carbocycles. The highest BCUT2D eigenvalue weighted by atomic mass is 28.4. The molecule has 0 aromatic heterocycles. The van der Waals surface area contributed by atoms with Crippen LogP contribution >= 0.6 is 0 Å². The van der Waals surface area contributed by atoms with E-state index in [4.69, 9.17) is 9.16 Å². The first kappa shape index (κ1) is 34.8. The van der Waals surface area contributed by atoms with Crippen LogP contribution in [0, 0.1) is 17.8 Å². The second-order valence-electron chi connectivity index (χ2n) is 15.7. The number of ether oxygens (including phenoxy) is 1. The fourth-order valence-corrected chi connectivity index (χ4v) is 14.2. The van der Waals surface area contributed by atoms with Crippen molar-refractivity contribution in [3.63, 3.8) is 0 Å². The summed E-state index contributed by atoms with van der Waals surface area (Å²) in [4.78, 5) is 59.0. The van der Waals surface area contributed by atoms with Gasteiger partial charge < -0.3 is 9.16 Å². The van der Waals surface area contributed by atoms with Gasteiger partial charge in [0, 0.05) is 11.5 Å². The zero-order valence-electron chi connectivity index (χ0n) is 30.0. The van der Waals surface area contributed by atoms with Gasteiger partial charge in [-0.05, 0) is 61.7 Å². The number of amides is 3. The number of carbonyl (C=O) groups excluding carboxylic acids is 4. The van der Waals surface area contributed by atoms with Crippen LogP contribution in [-0.4, -0.2) is 66.3 Å². The molecule has 7 rings (SSSR count). The SMILES string of the molecule is CC(C)[Si](OC1=C(C(=O)OC(C)(C)C)[C@H]2C3C=CC(C4C(=O)N(c5ccccc5)C(=O)C43)N2N(C(=O)c2ccccc2)C1)(C(C)C)C(C)C. The molecule has 4 aliphatic heterocycles. The third-order valence-electron chi connectivity index (χ3n) is 10.7. The lowest BCUT2D eigenvalue weighted by atomic mass is 9.65. The molecular formula is C39H49N3O6Si. The van der Waals surface area contributed by atoms with Gasteiger partial charge in [0.05, 0.1) is 41.7 Å². The maximum atomic E-state index is 14.6. The Kier molecular flexibility index (Phi) is 9.03. The summed E-state index contributed by atoms with van der Waals surface area (Å²) in [7, 11) is -2.66. The molecule has 3 amide bonds. The van der Waals surface area contributed by atoms with Crippen molar-refractivity contribution in [2.75, 3.05) is 11.4 Å². The van der Waals surface area contributed by atoms with Gasteiger partial charge in [0.25, 0.3) is 14.2 Å². The Morgan fingerprint density at radius 3 is 1.90 bits per heavy atom. The maximum Gasteiger partial charge on any atom is 0.339 e. The highest BCUT2D eigenvalue weighted by Crippen LogP contribution is 2.54. The van der Waals surface area contributed by atoms with E-state index in [1.54, 1.807) is 41.4 Å². The average Bonchev–Trinajstić information content (AvgIpc) is 3.33. The van der Waals surface area contributed by atoms with E-state index in [1.807, 2.05) is 62.2 Å². The molecule has 4 unspecified atom stereocenters. The topological polar surface area (TPSA) is 96.5 Å². The van der Waals surface area contributed by atoms with Crippen molar-refractivity contribution in [2.45, 2.75) is 96.6 Å². The van der Waals surface area contributed by atoms with Gasteiger partial charge in [-0.1, -0.05) is 90.1 Å². The van der Waals surface area contributed by atoms with Gasteiger partial charge in [-0.2, -0.15) is 0 Å². The van der Waals surface area contributed by atoms with Gasteiger partial charge in [-0.3, -0.25) is 19.4 Å². The molecule has 5 aliphatic rings. The number of rotatable bonds is 8. The Balaban J connectivity index is 1.58. The normalized spacial score (nSPS) is 25.4. The first-order valence-corrected chi connectivity index (χ1v) is 19.7. The molecule has 9 nitrogen and oxygen atoms in total. The standard InChI is InChI=1S/C39H49N3O6Si/c1-23(2)49(24(3)4,25(5)6)48-30-22-40(35(43)26-16-12-10-13-17-26)42-29-21-20-28(34(42)33(30)38(46)47-39(7,8)9)31-32(29)37(45)41(36(31)44)27-18-14-11-15-19-27/h10-21,23-25,28-29,31-32,34H,22H2,1-9H3/t28?,29?,31?,32?,34-/m1/s1. The third-order valence-corrected chi connectivity index (χ3v) is 16.7. The van der Waals surface area contributed by atoms with Gasteiger partial charge >= 0.3 is 5.97 Å². The lowest BCUT2D eigenvalue weighted by molar-refractivity contribution is -0.163. The number of hydrogen-bond acceptors (Lipinski definition) is 7. The summed E-state index contributed by atoms with van der Waals surface area (Å²) >= 11 is 0. The highest BCUT2D eigenvalue weighted by molar-refractivity contribution is 6.77. The minimum absolute atomic E-state index is 0.00129. The van der Waals surface area contributed by atoms with Gasteiger partial charge in [0.2, 0.25) is 11.8 Å². The smallest absolute Gasteiger partial charge is 0.339 e. The molecule has 0 spiro atoms. The van der Waals surface area contributed by atoms with Crippen LogP contribution in [0.3, 0.4) is 0 Å². The van der Waals surface area contributed by atoms with Crippen LogP contribution < -0.4 is 4.90 Å². The molecule has 2 saturated heterocycles. The summed E-state index contributed by atoms with van der Waals surface area (Å²) in [6.07, 6.45) is 3.89. The quantitative estimate of drug-likeness (QED) is 0.129. The molecular weight excluding hydrogens is 635 g/mol. The predicted octanol–water partition coefficient (Wildman–Crippen LogP) is 6.89. The molecule has 2 aromatic carbocycles. The van der Waals surface area contributed by atoms with Gasteiger partial charge in [0.15, 0.2) is 0 Å². The molecule has 4 heterocycles. The molecule has 2 aromatic rings. The highest BCUT2D eigenvalue weighted by Gasteiger charge is 2.66. The Hall–Kier alpha value is -4.02. The van der Waals surface area contributed by atoms with Crippen molar-refractivity contribution in [1.82, 2.24) is 10.0 Å². The van der Waals surface area contributed by atoms with Gasteiger partial charge in [-0.25, -0.2) is 14.7 Å². The van der Waals surface area contributed by atoms with E-state index in [0.717, 1.165) is 0 Å². The first-order valence-electron chi connectivity index (χ1n) is 17.5. The number of imide groups is 1. The van der Waals surface area contributed by atoms with E-state index >= 15 is 0 Å². The van der Waals surface area contributed by atoms with Crippen LogP contribution in [0.1, 0.15) is 72.7 Å². The van der Waals surface area contributed by atoms with E-state index < -0.39 is 49.7 Å². The van der Waals surface area contributed by atoms with Crippen LogP contribution in [0.25, 0.3) is 0 Å². The van der Waals surface area contributed by atoms with Crippen molar-refractivity contribution in [1.29, 1.82) is 0 Å². The zero-order chi connectivity index (χ0) is 35.6. The fraction of sp³-hybridized carbons (Fsp3) is 0.487. The number of piperidine rings is 1. The lowest BCUT2D eigenvalue weighted by Crippen LogP contribution is -2.71. The van der Waals surface area contributed by atoms with E-state index in [9.17, 15) is 19.2 Å². The first-order chi connectivity index (χ1) is 23.1. The molecule has 1 aliphatic carbocycles. The third kappa shape index (κ3) is 5.66. The second-order valence-corrected chi connectivity index (χ2v) is 21.0. The molecule has 49 heavy (non-hydrogen) atoms. The summed E-state index contributed by atoms with van der Waals surface area (Å²) in [5, 5.41) is 3.54. The Morgan fingerprint density at radius 2 is 1.35 bits per heavy atom. The van der Waals surface area contributed by atoms with Gasteiger partial charge in [0.1, 0.15) is 11.4 Å². The van der Waals surface area contributed by atoms with E-state index in [1.165, 1.54) is 4.90 Å². The summed E-state index contributed by atoms with van der Waals surface area (Å²) in [5.74, 6) is -3.03. The molecule has 0 N–H and O–H groups in total. The molecule has 0 radical (unpaired) electrons. The Labute approximate surface area is 291 Å². The number of esters is 1. The van der Waals surface area contributed by atoms with E-state index in [2.05, 4.69) is 41.5 Å².